The smallest absolute Gasteiger partial charge is 0.416 e. The van der Waals surface area contributed by atoms with E-state index in [2.05, 4.69) is 20.8 Å². The van der Waals surface area contributed by atoms with Crippen LogP contribution in [0.5, 0.6) is 5.75 Å². The Labute approximate surface area is 186 Å². The minimum atomic E-state index is -4.56. The van der Waals surface area contributed by atoms with Gasteiger partial charge in [0.05, 0.1) is 29.3 Å². The fourth-order valence-corrected chi connectivity index (χ4v) is 3.39. The molecule has 0 bridgehead atoms. The number of nitrogens with one attached hydrogen (secondary N) is 1. The number of methoxy groups -OCH3 is 1. The van der Waals surface area contributed by atoms with Crippen molar-refractivity contribution in [2.45, 2.75) is 18.3 Å². The molecule has 1 aromatic heterocycles. The molecular formula is C20H20F3N5O3S. The number of benzene rings is 2. The van der Waals surface area contributed by atoms with Gasteiger partial charge in [0.25, 0.3) is 0 Å². The van der Waals surface area contributed by atoms with Crippen molar-refractivity contribution < 1.29 is 27.4 Å². The normalized spacial score (nSPS) is 11.4. The van der Waals surface area contributed by atoms with Gasteiger partial charge in [-0.15, -0.1) is 5.10 Å². The molecule has 0 saturated carbocycles. The number of aromatic nitrogens is 4. The number of carbonyl (C=O) groups excluding carboxylic acids is 1. The first-order chi connectivity index (χ1) is 15.3. The third-order valence-electron chi connectivity index (χ3n) is 4.24. The molecule has 0 saturated heterocycles. The minimum absolute atomic E-state index is 0.0833. The summed E-state index contributed by atoms with van der Waals surface area (Å²) in [5, 5.41) is 14.4. The lowest BCUT2D eigenvalue weighted by Crippen LogP contribution is -2.17. The second kappa shape index (κ2) is 10.5. The van der Waals surface area contributed by atoms with Gasteiger partial charge in [0, 0.05) is 7.11 Å². The van der Waals surface area contributed by atoms with Gasteiger partial charge >= 0.3 is 6.18 Å². The standard InChI is InChI=1S/C20H20F3N5O3S/c1-13-5-3-4-6-16(13)28-19(25-26-27-28)32-12-18(29)24-15-11-14(20(21,22)23)7-8-17(15)31-10-9-30-2/h3-8,11H,9-10,12H2,1-2H3,(H,24,29). The maximum Gasteiger partial charge on any atom is 0.416 e. The summed E-state index contributed by atoms with van der Waals surface area (Å²) in [6.45, 7) is 2.26. The van der Waals surface area contributed by atoms with Crippen molar-refractivity contribution in [1.82, 2.24) is 20.2 Å². The molecule has 0 aliphatic rings. The molecule has 12 heteroatoms. The van der Waals surface area contributed by atoms with Crippen LogP contribution in [0.3, 0.4) is 0 Å². The Hall–Kier alpha value is -3.12. The number of alkyl halides is 3. The zero-order valence-corrected chi connectivity index (χ0v) is 18.0. The first-order valence-corrected chi connectivity index (χ1v) is 10.4. The molecule has 0 unspecified atom stereocenters. The van der Waals surface area contributed by atoms with Crippen LogP contribution in [0.2, 0.25) is 0 Å². The Bertz CT molecular complexity index is 1070. The van der Waals surface area contributed by atoms with E-state index in [1.165, 1.54) is 17.9 Å². The first kappa shape index (κ1) is 23.5. The average Bonchev–Trinajstić information content (AvgIpc) is 3.21. The number of aryl methyl sites for hydroxylation is 1. The number of ether oxygens (including phenoxy) is 2. The second-order valence-corrected chi connectivity index (χ2v) is 7.49. The Morgan fingerprint density at radius 2 is 1.97 bits per heavy atom. The van der Waals surface area contributed by atoms with Gasteiger partial charge in [-0.3, -0.25) is 4.79 Å². The molecular weight excluding hydrogens is 447 g/mol. The number of carbonyl (C=O) groups is 1. The Balaban J connectivity index is 1.72. The van der Waals surface area contributed by atoms with E-state index in [1.807, 2.05) is 31.2 Å². The van der Waals surface area contributed by atoms with E-state index in [4.69, 9.17) is 9.47 Å². The number of tetrazole rings is 1. The molecule has 170 valence electrons. The topological polar surface area (TPSA) is 91.2 Å². The molecule has 2 aromatic carbocycles. The Morgan fingerprint density at radius 1 is 1.19 bits per heavy atom. The van der Waals surface area contributed by atoms with Crippen LogP contribution >= 0.6 is 11.8 Å². The van der Waals surface area contributed by atoms with E-state index in [9.17, 15) is 18.0 Å². The third-order valence-corrected chi connectivity index (χ3v) is 5.16. The van der Waals surface area contributed by atoms with Crippen LogP contribution in [0.4, 0.5) is 18.9 Å². The highest BCUT2D eigenvalue weighted by atomic mass is 32.2. The summed E-state index contributed by atoms with van der Waals surface area (Å²) in [6.07, 6.45) is -4.56. The van der Waals surface area contributed by atoms with Crippen molar-refractivity contribution in [2.24, 2.45) is 0 Å². The van der Waals surface area contributed by atoms with E-state index in [-0.39, 0.29) is 30.4 Å². The summed E-state index contributed by atoms with van der Waals surface area (Å²) < 4.78 is 51.2. The van der Waals surface area contributed by atoms with Gasteiger partial charge in [0.2, 0.25) is 11.1 Å². The lowest BCUT2D eigenvalue weighted by molar-refractivity contribution is -0.137. The van der Waals surface area contributed by atoms with Gasteiger partial charge in [-0.25, -0.2) is 0 Å². The van der Waals surface area contributed by atoms with Crippen molar-refractivity contribution in [1.29, 1.82) is 0 Å². The molecule has 3 rings (SSSR count). The van der Waals surface area contributed by atoms with Crippen LogP contribution in [-0.2, 0) is 15.7 Å². The van der Waals surface area contributed by atoms with Crippen molar-refractivity contribution in [3.05, 3.63) is 53.6 Å². The quantitative estimate of drug-likeness (QED) is 0.379. The third kappa shape index (κ3) is 5.98. The number of thioether (sulfide) groups is 1. The van der Waals surface area contributed by atoms with Crippen molar-refractivity contribution in [3.8, 4) is 11.4 Å². The summed E-state index contributed by atoms with van der Waals surface area (Å²) >= 11 is 1.05. The van der Waals surface area contributed by atoms with Gasteiger partial charge < -0.3 is 14.8 Å². The highest BCUT2D eigenvalue weighted by Gasteiger charge is 2.31. The molecule has 0 radical (unpaired) electrons. The number of anilines is 1. The number of hydrogen-bond donors (Lipinski definition) is 1. The highest BCUT2D eigenvalue weighted by Crippen LogP contribution is 2.35. The number of nitrogens with zero attached hydrogens (tertiary/aromatic N) is 4. The van der Waals surface area contributed by atoms with Crippen molar-refractivity contribution in [3.63, 3.8) is 0 Å². The lowest BCUT2D eigenvalue weighted by Gasteiger charge is -2.15. The van der Waals surface area contributed by atoms with Gasteiger partial charge in [-0.1, -0.05) is 30.0 Å². The van der Waals surface area contributed by atoms with Crippen LogP contribution in [0.25, 0.3) is 5.69 Å². The lowest BCUT2D eigenvalue weighted by atomic mass is 10.1. The van der Waals surface area contributed by atoms with Gasteiger partial charge in [-0.2, -0.15) is 17.9 Å². The number of rotatable bonds is 9. The van der Waals surface area contributed by atoms with Crippen LogP contribution in [0.1, 0.15) is 11.1 Å². The van der Waals surface area contributed by atoms with E-state index in [1.54, 1.807) is 0 Å². The summed E-state index contributed by atoms with van der Waals surface area (Å²) in [4.78, 5) is 12.5. The number of halogens is 3. The molecule has 0 aliphatic heterocycles. The Kier molecular flexibility index (Phi) is 7.70. The van der Waals surface area contributed by atoms with Gasteiger partial charge in [-0.05, 0) is 47.2 Å². The molecule has 1 amide bonds. The maximum atomic E-state index is 13.1. The predicted octanol–water partition coefficient (Wildman–Crippen LogP) is 3.75. The predicted molar refractivity (Wildman–Crippen MR) is 112 cm³/mol. The molecule has 0 spiro atoms. The zero-order chi connectivity index (χ0) is 23.1. The zero-order valence-electron chi connectivity index (χ0n) is 17.2. The Morgan fingerprint density at radius 3 is 2.69 bits per heavy atom. The van der Waals surface area contributed by atoms with Crippen LogP contribution in [0.15, 0.2) is 47.6 Å². The maximum absolute atomic E-state index is 13.1. The number of amides is 1. The fraction of sp³-hybridized carbons (Fsp3) is 0.300. The van der Waals surface area contributed by atoms with Gasteiger partial charge in [0.15, 0.2) is 0 Å². The number of para-hydroxylation sites is 1. The molecule has 32 heavy (non-hydrogen) atoms. The molecule has 0 fully saturated rings. The molecule has 8 nitrogen and oxygen atoms in total. The van der Waals surface area contributed by atoms with E-state index in [0.29, 0.717) is 5.16 Å². The molecule has 3 aromatic rings. The summed E-state index contributed by atoms with van der Waals surface area (Å²) in [7, 11) is 1.47. The van der Waals surface area contributed by atoms with Crippen LogP contribution in [-0.4, -0.2) is 52.2 Å². The van der Waals surface area contributed by atoms with Gasteiger partial charge in [0.1, 0.15) is 12.4 Å². The van der Waals surface area contributed by atoms with Crippen molar-refractivity contribution >= 4 is 23.4 Å². The number of hydrogen-bond acceptors (Lipinski definition) is 7. The second-order valence-electron chi connectivity index (χ2n) is 6.55. The van der Waals surface area contributed by atoms with E-state index < -0.39 is 17.6 Å². The van der Waals surface area contributed by atoms with Crippen LogP contribution in [0, 0.1) is 6.92 Å². The monoisotopic (exact) mass is 467 g/mol. The summed E-state index contributed by atoms with van der Waals surface area (Å²) in [5.74, 6) is -0.552. The minimum Gasteiger partial charge on any atom is -0.489 e. The average molecular weight is 467 g/mol. The molecule has 0 atom stereocenters. The van der Waals surface area contributed by atoms with E-state index in [0.717, 1.165) is 35.1 Å². The summed E-state index contributed by atoms with van der Waals surface area (Å²) in [5.41, 5.74) is 0.711. The highest BCUT2D eigenvalue weighted by molar-refractivity contribution is 7.99. The molecule has 1 N–H and O–H groups in total. The van der Waals surface area contributed by atoms with Crippen molar-refractivity contribution in [2.75, 3.05) is 31.4 Å². The molecule has 1 heterocycles. The van der Waals surface area contributed by atoms with Crippen LogP contribution < -0.4 is 10.1 Å². The SMILES string of the molecule is COCCOc1ccc(C(F)(F)F)cc1NC(=O)CSc1nnnn1-c1ccccc1C. The fourth-order valence-electron chi connectivity index (χ4n) is 2.70. The first-order valence-electron chi connectivity index (χ1n) is 9.39. The summed E-state index contributed by atoms with van der Waals surface area (Å²) in [6, 6.07) is 10.3. The largest absolute Gasteiger partial charge is 0.489 e. The molecule has 0 aliphatic carbocycles. The van der Waals surface area contributed by atoms with E-state index >= 15 is 0 Å².